The van der Waals surface area contributed by atoms with Crippen LogP contribution in [0.2, 0.25) is 5.02 Å². The van der Waals surface area contributed by atoms with E-state index in [1.54, 1.807) is 30.2 Å². The summed E-state index contributed by atoms with van der Waals surface area (Å²) < 4.78 is 5.08. The van der Waals surface area contributed by atoms with Gasteiger partial charge in [0.15, 0.2) is 0 Å². The molecule has 1 atom stereocenters. The first-order valence-corrected chi connectivity index (χ1v) is 6.50. The zero-order chi connectivity index (χ0) is 13.8. The Morgan fingerprint density at radius 1 is 1.63 bits per heavy atom. The summed E-state index contributed by atoms with van der Waals surface area (Å²) in [6.45, 7) is 1.26. The maximum atomic E-state index is 12.0. The van der Waals surface area contributed by atoms with E-state index in [0.717, 1.165) is 5.56 Å². The number of urea groups is 1. The van der Waals surface area contributed by atoms with Crippen molar-refractivity contribution in [2.75, 3.05) is 25.5 Å². The van der Waals surface area contributed by atoms with Gasteiger partial charge in [-0.3, -0.25) is 0 Å². The van der Waals surface area contributed by atoms with Crippen LogP contribution in [0.3, 0.4) is 0 Å². The molecular formula is C13H17ClN2O3. The highest BCUT2D eigenvalue weighted by Crippen LogP contribution is 2.25. The first-order valence-electron chi connectivity index (χ1n) is 6.12. The van der Waals surface area contributed by atoms with Crippen molar-refractivity contribution in [3.05, 3.63) is 28.8 Å². The van der Waals surface area contributed by atoms with Crippen LogP contribution in [0, 0.1) is 0 Å². The third kappa shape index (κ3) is 3.37. The molecule has 1 heterocycles. The van der Waals surface area contributed by atoms with Crippen LogP contribution in [0.1, 0.15) is 12.0 Å². The molecule has 1 aliphatic heterocycles. The number of nitrogens with one attached hydrogen (secondary N) is 1. The van der Waals surface area contributed by atoms with Gasteiger partial charge in [-0.05, 0) is 18.6 Å². The monoisotopic (exact) mass is 284 g/mol. The number of carbonyl (C=O) groups is 1. The van der Waals surface area contributed by atoms with Gasteiger partial charge in [0, 0.05) is 36.5 Å². The van der Waals surface area contributed by atoms with E-state index in [1.807, 2.05) is 0 Å². The zero-order valence-electron chi connectivity index (χ0n) is 10.7. The van der Waals surface area contributed by atoms with Gasteiger partial charge in [-0.1, -0.05) is 17.7 Å². The van der Waals surface area contributed by atoms with E-state index < -0.39 is 6.10 Å². The fraction of sp³-hybridized carbons (Fsp3) is 0.462. The molecule has 1 aromatic rings. The maximum Gasteiger partial charge on any atom is 0.321 e. The van der Waals surface area contributed by atoms with Crippen molar-refractivity contribution in [2.24, 2.45) is 0 Å². The second kappa shape index (κ2) is 6.23. The Morgan fingerprint density at radius 3 is 3.05 bits per heavy atom. The number of likely N-dealkylation sites (tertiary alicyclic amines) is 1. The van der Waals surface area contributed by atoms with Crippen LogP contribution in [0.25, 0.3) is 0 Å². The Hall–Kier alpha value is -1.30. The number of ether oxygens (including phenoxy) is 1. The molecule has 1 saturated heterocycles. The fourth-order valence-electron chi connectivity index (χ4n) is 2.09. The minimum absolute atomic E-state index is 0.226. The highest BCUT2D eigenvalue weighted by Gasteiger charge is 2.25. The van der Waals surface area contributed by atoms with E-state index in [9.17, 15) is 9.90 Å². The summed E-state index contributed by atoms with van der Waals surface area (Å²) >= 11 is 6.09. The number of carbonyl (C=O) groups excluding carboxylic acids is 1. The molecule has 104 valence electrons. The van der Waals surface area contributed by atoms with E-state index in [-0.39, 0.29) is 6.03 Å². The molecule has 0 aliphatic carbocycles. The molecule has 0 unspecified atom stereocenters. The quantitative estimate of drug-likeness (QED) is 0.893. The normalized spacial score (nSPS) is 18.7. The van der Waals surface area contributed by atoms with E-state index >= 15 is 0 Å². The minimum Gasteiger partial charge on any atom is -0.391 e. The third-order valence-electron chi connectivity index (χ3n) is 3.10. The first-order chi connectivity index (χ1) is 9.11. The zero-order valence-corrected chi connectivity index (χ0v) is 11.5. The van der Waals surface area contributed by atoms with Crippen molar-refractivity contribution in [2.45, 2.75) is 19.1 Å². The average Bonchev–Trinajstić information content (AvgIpc) is 2.80. The number of nitrogens with zero attached hydrogens (tertiary/aromatic N) is 1. The van der Waals surface area contributed by atoms with Gasteiger partial charge < -0.3 is 20.1 Å². The second-order valence-corrected chi connectivity index (χ2v) is 4.92. The molecule has 1 aromatic carbocycles. The largest absolute Gasteiger partial charge is 0.391 e. The van der Waals surface area contributed by atoms with Crippen LogP contribution >= 0.6 is 11.6 Å². The molecule has 1 aliphatic rings. The van der Waals surface area contributed by atoms with Crippen molar-refractivity contribution in [1.29, 1.82) is 0 Å². The van der Waals surface area contributed by atoms with Gasteiger partial charge in [-0.25, -0.2) is 4.79 Å². The number of β-amino-alcohol motifs (C(OH)–C–C–N with tert-alkyl or cyclic N) is 1. The molecule has 2 rings (SSSR count). The minimum atomic E-state index is -0.427. The number of benzene rings is 1. The van der Waals surface area contributed by atoms with Gasteiger partial charge in [0.05, 0.1) is 12.7 Å². The molecule has 0 spiro atoms. The third-order valence-corrected chi connectivity index (χ3v) is 3.45. The first kappa shape index (κ1) is 14.1. The average molecular weight is 285 g/mol. The standard InChI is InChI=1S/C13H17ClN2O3/c1-19-8-10-11(14)3-2-4-12(10)15-13(18)16-6-5-9(17)7-16/h2-4,9,17H,5-8H2,1H3,(H,15,18)/t9-/m0/s1. The lowest BCUT2D eigenvalue weighted by Gasteiger charge is -2.18. The molecule has 0 bridgehead atoms. The molecule has 0 saturated carbocycles. The molecule has 6 heteroatoms. The van der Waals surface area contributed by atoms with Crippen LogP contribution < -0.4 is 5.32 Å². The van der Waals surface area contributed by atoms with Crippen LogP contribution in [0.5, 0.6) is 0 Å². The lowest BCUT2D eigenvalue weighted by atomic mass is 10.2. The summed E-state index contributed by atoms with van der Waals surface area (Å²) in [6, 6.07) is 5.09. The van der Waals surface area contributed by atoms with Gasteiger partial charge in [-0.2, -0.15) is 0 Å². The summed E-state index contributed by atoms with van der Waals surface area (Å²) in [5.74, 6) is 0. The van der Waals surface area contributed by atoms with Crippen molar-refractivity contribution in [3.63, 3.8) is 0 Å². The Morgan fingerprint density at radius 2 is 2.42 bits per heavy atom. The van der Waals surface area contributed by atoms with E-state index in [0.29, 0.717) is 36.8 Å². The SMILES string of the molecule is COCc1c(Cl)cccc1NC(=O)N1CC[C@H](O)C1. The van der Waals surface area contributed by atoms with Crippen molar-refractivity contribution in [3.8, 4) is 0 Å². The van der Waals surface area contributed by atoms with E-state index in [1.165, 1.54) is 0 Å². The Labute approximate surface area is 117 Å². The fourth-order valence-corrected chi connectivity index (χ4v) is 2.32. The molecule has 1 fully saturated rings. The van der Waals surface area contributed by atoms with Crippen LogP contribution in [-0.4, -0.2) is 42.3 Å². The summed E-state index contributed by atoms with van der Waals surface area (Å²) in [7, 11) is 1.58. The molecule has 19 heavy (non-hydrogen) atoms. The predicted molar refractivity (Wildman–Crippen MR) is 73.4 cm³/mol. The van der Waals surface area contributed by atoms with Gasteiger partial charge in [-0.15, -0.1) is 0 Å². The number of rotatable bonds is 3. The second-order valence-electron chi connectivity index (χ2n) is 4.52. The number of amides is 2. The Balaban J connectivity index is 2.10. The lowest BCUT2D eigenvalue weighted by molar-refractivity contribution is 0.176. The molecule has 5 nitrogen and oxygen atoms in total. The number of hydrogen-bond donors (Lipinski definition) is 2. The van der Waals surface area contributed by atoms with Gasteiger partial charge >= 0.3 is 6.03 Å². The highest BCUT2D eigenvalue weighted by atomic mass is 35.5. The number of aliphatic hydroxyl groups is 1. The summed E-state index contributed by atoms with van der Waals surface area (Å²) in [6.07, 6.45) is 0.192. The Bertz CT molecular complexity index is 467. The van der Waals surface area contributed by atoms with Crippen LogP contribution in [0.15, 0.2) is 18.2 Å². The number of methoxy groups -OCH3 is 1. The van der Waals surface area contributed by atoms with Gasteiger partial charge in [0.25, 0.3) is 0 Å². The molecular weight excluding hydrogens is 268 g/mol. The molecule has 0 radical (unpaired) electrons. The lowest BCUT2D eigenvalue weighted by Crippen LogP contribution is -2.33. The van der Waals surface area contributed by atoms with E-state index in [2.05, 4.69) is 5.32 Å². The van der Waals surface area contributed by atoms with Crippen LogP contribution in [0.4, 0.5) is 10.5 Å². The Kier molecular flexibility index (Phi) is 4.63. The summed E-state index contributed by atoms with van der Waals surface area (Å²) in [5.41, 5.74) is 1.39. The van der Waals surface area contributed by atoms with Crippen molar-refractivity contribution < 1.29 is 14.6 Å². The summed E-state index contributed by atoms with van der Waals surface area (Å²) in [5, 5.41) is 12.8. The van der Waals surface area contributed by atoms with Crippen molar-refractivity contribution >= 4 is 23.3 Å². The van der Waals surface area contributed by atoms with Crippen LogP contribution in [-0.2, 0) is 11.3 Å². The molecule has 2 N–H and O–H groups in total. The molecule has 2 amide bonds. The number of halogens is 1. The molecule has 0 aromatic heterocycles. The smallest absolute Gasteiger partial charge is 0.321 e. The van der Waals surface area contributed by atoms with Gasteiger partial charge in [0.2, 0.25) is 0 Å². The highest BCUT2D eigenvalue weighted by molar-refractivity contribution is 6.31. The number of anilines is 1. The number of aliphatic hydroxyl groups excluding tert-OH is 1. The predicted octanol–water partition coefficient (Wildman–Crippen LogP) is 2.08. The van der Waals surface area contributed by atoms with Gasteiger partial charge in [0.1, 0.15) is 0 Å². The number of hydrogen-bond acceptors (Lipinski definition) is 3. The summed E-state index contributed by atoms with van der Waals surface area (Å²) in [4.78, 5) is 13.6. The van der Waals surface area contributed by atoms with Crippen molar-refractivity contribution in [1.82, 2.24) is 4.90 Å². The van der Waals surface area contributed by atoms with E-state index in [4.69, 9.17) is 16.3 Å². The topological polar surface area (TPSA) is 61.8 Å². The maximum absolute atomic E-state index is 12.0.